The summed E-state index contributed by atoms with van der Waals surface area (Å²) >= 11 is 0. The van der Waals surface area contributed by atoms with Gasteiger partial charge in [-0.2, -0.15) is 5.10 Å². The molecule has 0 aliphatic carbocycles. The molecule has 0 saturated heterocycles. The first kappa shape index (κ1) is 21.1. The van der Waals surface area contributed by atoms with Gasteiger partial charge in [0.05, 0.1) is 23.1 Å². The van der Waals surface area contributed by atoms with Gasteiger partial charge >= 0.3 is 0 Å². The van der Waals surface area contributed by atoms with E-state index in [0.717, 1.165) is 74.4 Å². The first-order valence-corrected chi connectivity index (χ1v) is 11.4. The molecule has 0 amide bonds. The monoisotopic (exact) mass is 463 g/mol. The van der Waals surface area contributed by atoms with Crippen molar-refractivity contribution in [3.05, 3.63) is 84.7 Å². The zero-order valence-electron chi connectivity index (χ0n) is 19.0. The number of hydrogen-bond acceptors (Lipinski definition) is 5. The molecule has 0 radical (unpaired) electrons. The van der Waals surface area contributed by atoms with Crippen molar-refractivity contribution in [2.45, 2.75) is 13.5 Å². The Hall–Kier alpha value is -4.43. The highest BCUT2D eigenvalue weighted by molar-refractivity contribution is 6.00. The summed E-state index contributed by atoms with van der Waals surface area (Å²) in [5.74, 6) is -0.261. The number of nitrogens with zero attached hydrogens (tertiary/aromatic N) is 4. The predicted octanol–water partition coefficient (Wildman–Crippen LogP) is 5.48. The van der Waals surface area contributed by atoms with Crippen LogP contribution in [0.1, 0.15) is 12.5 Å². The number of hydrogen-bond donors (Lipinski definition) is 3. The van der Waals surface area contributed by atoms with E-state index in [9.17, 15) is 4.39 Å². The summed E-state index contributed by atoms with van der Waals surface area (Å²) in [5.41, 5.74) is 7.98. The topological polar surface area (TPSA) is 95.2 Å². The lowest BCUT2D eigenvalue weighted by atomic mass is 10.0. The number of halogens is 1. The summed E-state index contributed by atoms with van der Waals surface area (Å²) in [6.07, 6.45) is 7.23. The van der Waals surface area contributed by atoms with Crippen molar-refractivity contribution in [3.8, 4) is 33.8 Å². The minimum Gasteiger partial charge on any atom is -0.338 e. The lowest BCUT2D eigenvalue weighted by Crippen LogP contribution is -2.11. The van der Waals surface area contributed by atoms with Crippen LogP contribution in [0.3, 0.4) is 0 Å². The van der Waals surface area contributed by atoms with Gasteiger partial charge in [0.2, 0.25) is 0 Å². The maximum atomic E-state index is 13.4. The van der Waals surface area contributed by atoms with Crippen LogP contribution < -0.4 is 5.32 Å². The fraction of sp³-hybridized carbons (Fsp3) is 0.111. The van der Waals surface area contributed by atoms with E-state index in [2.05, 4.69) is 48.4 Å². The molecule has 35 heavy (non-hydrogen) atoms. The third kappa shape index (κ3) is 3.94. The van der Waals surface area contributed by atoms with Crippen molar-refractivity contribution in [1.82, 2.24) is 35.5 Å². The Bertz CT molecular complexity index is 1650. The Morgan fingerprint density at radius 3 is 2.66 bits per heavy atom. The summed E-state index contributed by atoms with van der Waals surface area (Å²) < 4.78 is 13.4. The van der Waals surface area contributed by atoms with Crippen LogP contribution >= 0.6 is 0 Å². The van der Waals surface area contributed by atoms with Crippen molar-refractivity contribution in [2.24, 2.45) is 0 Å². The van der Waals surface area contributed by atoms with Gasteiger partial charge < -0.3 is 10.3 Å². The van der Waals surface area contributed by atoms with Crippen molar-refractivity contribution < 1.29 is 4.39 Å². The number of rotatable bonds is 6. The summed E-state index contributed by atoms with van der Waals surface area (Å²) in [4.78, 5) is 16.9. The van der Waals surface area contributed by atoms with Crippen LogP contribution in [0.25, 0.3) is 55.7 Å². The van der Waals surface area contributed by atoms with E-state index in [0.29, 0.717) is 0 Å². The molecule has 172 valence electrons. The van der Waals surface area contributed by atoms with Crippen LogP contribution in [0.2, 0.25) is 0 Å². The molecule has 8 heteroatoms. The molecule has 0 aliphatic heterocycles. The van der Waals surface area contributed by atoms with E-state index in [1.165, 1.54) is 12.1 Å². The van der Waals surface area contributed by atoms with E-state index in [1.807, 2.05) is 30.6 Å². The van der Waals surface area contributed by atoms with Crippen LogP contribution in [0.15, 0.2) is 73.3 Å². The minimum absolute atomic E-state index is 0.261. The van der Waals surface area contributed by atoms with Gasteiger partial charge in [-0.05, 0) is 59.6 Å². The Morgan fingerprint density at radius 1 is 0.914 bits per heavy atom. The van der Waals surface area contributed by atoms with Crippen LogP contribution in [0.4, 0.5) is 4.39 Å². The fourth-order valence-corrected chi connectivity index (χ4v) is 4.31. The van der Waals surface area contributed by atoms with Crippen molar-refractivity contribution >= 4 is 21.9 Å². The third-order valence-electron chi connectivity index (χ3n) is 6.06. The molecular weight excluding hydrogens is 441 g/mol. The molecule has 5 heterocycles. The Labute approximate surface area is 200 Å². The number of H-pyrrole nitrogens is 2. The summed E-state index contributed by atoms with van der Waals surface area (Å²) in [5, 5.41) is 12.9. The molecule has 6 aromatic rings. The number of aromatic nitrogens is 6. The van der Waals surface area contributed by atoms with E-state index in [4.69, 9.17) is 0 Å². The minimum atomic E-state index is -0.261. The van der Waals surface area contributed by atoms with Crippen LogP contribution in [-0.4, -0.2) is 36.7 Å². The van der Waals surface area contributed by atoms with Crippen molar-refractivity contribution in [1.29, 1.82) is 0 Å². The van der Waals surface area contributed by atoms with E-state index < -0.39 is 0 Å². The molecule has 0 fully saturated rings. The van der Waals surface area contributed by atoms with Crippen molar-refractivity contribution in [2.75, 3.05) is 6.54 Å². The SMILES string of the molecule is CCNCc1cncc(-c2cc3c(-c4cc5c(-c6ccc(F)cc6)ccnc5[nH]4)n[nH]c3cn2)c1. The summed E-state index contributed by atoms with van der Waals surface area (Å²) in [6.45, 7) is 3.74. The zero-order chi connectivity index (χ0) is 23.8. The number of pyridine rings is 3. The molecule has 0 atom stereocenters. The van der Waals surface area contributed by atoms with Gasteiger partial charge in [-0.3, -0.25) is 15.1 Å². The number of aromatic amines is 2. The van der Waals surface area contributed by atoms with Crippen LogP contribution in [0.5, 0.6) is 0 Å². The van der Waals surface area contributed by atoms with Crippen LogP contribution in [0, 0.1) is 5.82 Å². The highest BCUT2D eigenvalue weighted by Crippen LogP contribution is 2.34. The molecule has 5 aromatic heterocycles. The maximum Gasteiger partial charge on any atom is 0.138 e. The molecule has 0 aliphatic rings. The molecule has 0 saturated carbocycles. The molecule has 3 N–H and O–H groups in total. The number of fused-ring (bicyclic) bond motifs is 2. The molecule has 0 unspecified atom stereocenters. The van der Waals surface area contributed by atoms with Gasteiger partial charge in [0.15, 0.2) is 0 Å². The van der Waals surface area contributed by atoms with E-state index in [-0.39, 0.29) is 5.82 Å². The second kappa shape index (κ2) is 8.73. The average molecular weight is 464 g/mol. The van der Waals surface area contributed by atoms with E-state index >= 15 is 0 Å². The quantitative estimate of drug-likeness (QED) is 0.304. The average Bonchev–Trinajstić information content (AvgIpc) is 3.51. The van der Waals surface area contributed by atoms with Gasteiger partial charge in [-0.25, -0.2) is 9.37 Å². The molecule has 6 rings (SSSR count). The van der Waals surface area contributed by atoms with Crippen molar-refractivity contribution in [3.63, 3.8) is 0 Å². The predicted molar refractivity (Wildman–Crippen MR) is 135 cm³/mol. The van der Waals surface area contributed by atoms with Crippen LogP contribution in [-0.2, 0) is 6.54 Å². The molecule has 0 spiro atoms. The molecular formula is C27H22FN7. The number of nitrogens with one attached hydrogen (secondary N) is 3. The fourth-order valence-electron chi connectivity index (χ4n) is 4.31. The highest BCUT2D eigenvalue weighted by atomic mass is 19.1. The first-order chi connectivity index (χ1) is 17.2. The lowest BCUT2D eigenvalue weighted by molar-refractivity contribution is 0.628. The van der Waals surface area contributed by atoms with Gasteiger partial charge in [0.1, 0.15) is 17.2 Å². The normalized spacial score (nSPS) is 11.5. The van der Waals surface area contributed by atoms with Gasteiger partial charge in [-0.15, -0.1) is 0 Å². The van der Waals surface area contributed by atoms with Gasteiger partial charge in [0, 0.05) is 41.5 Å². The zero-order valence-corrected chi connectivity index (χ0v) is 19.0. The first-order valence-electron chi connectivity index (χ1n) is 11.4. The maximum absolute atomic E-state index is 13.4. The van der Waals surface area contributed by atoms with E-state index in [1.54, 1.807) is 24.5 Å². The molecule has 1 aromatic carbocycles. The smallest absolute Gasteiger partial charge is 0.138 e. The Kier molecular flexibility index (Phi) is 5.27. The third-order valence-corrected chi connectivity index (χ3v) is 6.06. The lowest BCUT2D eigenvalue weighted by Gasteiger charge is -2.05. The highest BCUT2D eigenvalue weighted by Gasteiger charge is 2.15. The summed E-state index contributed by atoms with van der Waals surface area (Å²) in [6, 6.07) is 14.6. The second-order valence-electron chi connectivity index (χ2n) is 8.36. The Morgan fingerprint density at radius 2 is 1.80 bits per heavy atom. The van der Waals surface area contributed by atoms with Gasteiger partial charge in [-0.1, -0.05) is 19.1 Å². The molecule has 7 nitrogen and oxygen atoms in total. The molecule has 0 bridgehead atoms. The number of benzene rings is 1. The summed E-state index contributed by atoms with van der Waals surface area (Å²) in [7, 11) is 0. The van der Waals surface area contributed by atoms with Gasteiger partial charge in [0.25, 0.3) is 0 Å². The Balaban J connectivity index is 1.43. The largest absolute Gasteiger partial charge is 0.338 e. The standard InChI is InChI=1S/C27H22FN7/c1-2-29-12-16-9-18(14-30-13-16)23-11-22-25(15-32-23)34-35-26(22)24-10-21-20(7-8-31-27(21)33-24)17-3-5-19(28)6-4-17/h3-11,13-15,29H,2,12H2,1H3,(H,31,33)(H,34,35). The second-order valence-corrected chi connectivity index (χ2v) is 8.36.